The van der Waals surface area contributed by atoms with Crippen molar-refractivity contribution in [2.75, 3.05) is 20.3 Å². The van der Waals surface area contributed by atoms with Gasteiger partial charge in [-0.15, -0.1) is 0 Å². The molecule has 0 saturated carbocycles. The summed E-state index contributed by atoms with van der Waals surface area (Å²) >= 11 is 8.83. The lowest BCUT2D eigenvalue weighted by Crippen LogP contribution is -2.22. The molecule has 0 saturated heterocycles. The van der Waals surface area contributed by atoms with Gasteiger partial charge in [0.25, 0.3) is 0 Å². The van der Waals surface area contributed by atoms with Crippen LogP contribution in [-0.4, -0.2) is 31.5 Å². The number of hydrogen-bond acceptors (Lipinski definition) is 3. The van der Waals surface area contributed by atoms with Gasteiger partial charge in [0.05, 0.1) is 16.1 Å². The maximum absolute atomic E-state index is 13.2. The van der Waals surface area contributed by atoms with Crippen LogP contribution in [0.5, 0.6) is 5.75 Å². The van der Waals surface area contributed by atoms with Crippen LogP contribution in [0, 0.1) is 5.82 Å². The molecule has 0 aliphatic heterocycles. The summed E-state index contributed by atoms with van der Waals surface area (Å²) < 4.78 is 23.3. The number of rotatable bonds is 5. The van der Waals surface area contributed by atoms with Gasteiger partial charge in [-0.2, -0.15) is 0 Å². The summed E-state index contributed by atoms with van der Waals surface area (Å²) in [6, 6.07) is 2.56. The molecule has 0 aromatic heterocycles. The van der Waals surface area contributed by atoms with Gasteiger partial charge in [0.1, 0.15) is 24.3 Å². The van der Waals surface area contributed by atoms with E-state index in [1.807, 2.05) is 0 Å². The van der Waals surface area contributed by atoms with Crippen LogP contribution in [0.15, 0.2) is 16.6 Å². The lowest BCUT2D eigenvalue weighted by Gasteiger charge is -2.12. The highest BCUT2D eigenvalue weighted by atomic mass is 79.9. The van der Waals surface area contributed by atoms with E-state index < -0.39 is 11.9 Å². The summed E-state index contributed by atoms with van der Waals surface area (Å²) in [6.45, 7) is 0.144. The average molecular weight is 314 g/mol. The van der Waals surface area contributed by atoms with Crippen LogP contribution >= 0.6 is 27.5 Å². The molecule has 6 heteroatoms. The number of aliphatic hydroxyl groups is 1. The molecule has 16 heavy (non-hydrogen) atoms. The van der Waals surface area contributed by atoms with E-state index in [2.05, 4.69) is 15.9 Å². The minimum Gasteiger partial charge on any atom is -0.489 e. The van der Waals surface area contributed by atoms with E-state index in [0.29, 0.717) is 0 Å². The summed E-state index contributed by atoms with van der Waals surface area (Å²) in [7, 11) is 1.47. The fourth-order valence-corrected chi connectivity index (χ4v) is 1.73. The van der Waals surface area contributed by atoms with Crippen LogP contribution in [0.3, 0.4) is 0 Å². The molecule has 0 spiro atoms. The molecule has 1 atom stereocenters. The second-order valence-corrected chi connectivity index (χ2v) is 4.38. The van der Waals surface area contributed by atoms with Crippen molar-refractivity contribution in [2.45, 2.75) is 6.10 Å². The van der Waals surface area contributed by atoms with Gasteiger partial charge in [-0.05, 0) is 22.0 Å². The van der Waals surface area contributed by atoms with E-state index in [1.165, 1.54) is 13.2 Å². The van der Waals surface area contributed by atoms with E-state index in [1.54, 1.807) is 0 Å². The molecule has 90 valence electrons. The van der Waals surface area contributed by atoms with Gasteiger partial charge < -0.3 is 14.6 Å². The van der Waals surface area contributed by atoms with Crippen molar-refractivity contribution in [1.82, 2.24) is 0 Å². The first-order chi connectivity index (χ1) is 7.54. The minimum absolute atomic E-state index is 0.00533. The number of hydrogen-bond donors (Lipinski definition) is 1. The van der Waals surface area contributed by atoms with E-state index in [4.69, 9.17) is 21.1 Å². The molecule has 0 fully saturated rings. The van der Waals surface area contributed by atoms with Crippen LogP contribution in [0.4, 0.5) is 4.39 Å². The third-order valence-electron chi connectivity index (χ3n) is 1.77. The van der Waals surface area contributed by atoms with Gasteiger partial charge in [0.2, 0.25) is 0 Å². The minimum atomic E-state index is -0.771. The smallest absolute Gasteiger partial charge is 0.141 e. The molecule has 1 rings (SSSR count). The highest BCUT2D eigenvalue weighted by molar-refractivity contribution is 9.10. The summed E-state index contributed by atoms with van der Waals surface area (Å²) in [5.74, 6) is -0.279. The normalized spacial score (nSPS) is 12.6. The molecule has 0 heterocycles. The number of halogens is 3. The predicted octanol–water partition coefficient (Wildman–Crippen LogP) is 2.63. The maximum Gasteiger partial charge on any atom is 0.141 e. The molecule has 0 radical (unpaired) electrons. The van der Waals surface area contributed by atoms with Gasteiger partial charge in [-0.25, -0.2) is 4.39 Å². The zero-order valence-electron chi connectivity index (χ0n) is 8.54. The van der Waals surface area contributed by atoms with Gasteiger partial charge >= 0.3 is 0 Å². The fraction of sp³-hybridized carbons (Fsp3) is 0.400. The monoisotopic (exact) mass is 312 g/mol. The molecular formula is C10H11BrClFO3. The zero-order chi connectivity index (χ0) is 12.1. The standard InChI is InChI=1S/C10H11BrClFO3/c1-15-4-6(14)5-16-10-3-9(13)7(11)2-8(10)12/h2-3,6,14H,4-5H2,1H3/t6-/m0/s1. The largest absolute Gasteiger partial charge is 0.489 e. The first-order valence-electron chi connectivity index (χ1n) is 4.49. The highest BCUT2D eigenvalue weighted by Gasteiger charge is 2.10. The Bertz CT molecular complexity index is 362. The number of ether oxygens (including phenoxy) is 2. The lowest BCUT2D eigenvalue weighted by molar-refractivity contribution is 0.0325. The Hall–Kier alpha value is -0.360. The SMILES string of the molecule is COC[C@H](O)COc1cc(F)c(Br)cc1Cl. The summed E-state index contributed by atoms with van der Waals surface area (Å²) in [5, 5.41) is 9.61. The van der Waals surface area contributed by atoms with Crippen LogP contribution in [0.25, 0.3) is 0 Å². The molecule has 0 bridgehead atoms. The van der Waals surface area contributed by atoms with Gasteiger partial charge in [0.15, 0.2) is 0 Å². The van der Waals surface area contributed by atoms with Gasteiger partial charge in [0, 0.05) is 13.2 Å². The van der Waals surface area contributed by atoms with Crippen LogP contribution in [0.1, 0.15) is 0 Å². The van der Waals surface area contributed by atoms with Crippen molar-refractivity contribution < 1.29 is 19.0 Å². The van der Waals surface area contributed by atoms with Crippen LogP contribution in [-0.2, 0) is 4.74 Å². The van der Waals surface area contributed by atoms with Crippen LogP contribution in [0.2, 0.25) is 5.02 Å². The number of benzene rings is 1. The quantitative estimate of drug-likeness (QED) is 0.849. The molecule has 1 N–H and O–H groups in total. The Balaban J connectivity index is 2.63. The third kappa shape index (κ3) is 3.90. The van der Waals surface area contributed by atoms with Crippen molar-refractivity contribution in [3.63, 3.8) is 0 Å². The summed E-state index contributed by atoms with van der Waals surface area (Å²) in [5.41, 5.74) is 0. The maximum atomic E-state index is 13.2. The Morgan fingerprint density at radius 2 is 2.19 bits per heavy atom. The molecule has 1 aromatic carbocycles. The van der Waals surface area contributed by atoms with Gasteiger partial charge in [-0.1, -0.05) is 11.6 Å². The average Bonchev–Trinajstić information content (AvgIpc) is 2.22. The Morgan fingerprint density at radius 3 is 2.81 bits per heavy atom. The van der Waals surface area contributed by atoms with Crippen LogP contribution < -0.4 is 4.74 Å². The van der Waals surface area contributed by atoms with E-state index >= 15 is 0 Å². The van der Waals surface area contributed by atoms with Crippen molar-refractivity contribution in [2.24, 2.45) is 0 Å². The molecular weight excluding hydrogens is 302 g/mol. The summed E-state index contributed by atoms with van der Waals surface area (Å²) in [4.78, 5) is 0. The molecule has 0 aliphatic carbocycles. The van der Waals surface area contributed by atoms with E-state index in [-0.39, 0.29) is 28.5 Å². The summed E-state index contributed by atoms with van der Waals surface area (Å²) in [6.07, 6.45) is -0.771. The van der Waals surface area contributed by atoms with Crippen molar-refractivity contribution in [1.29, 1.82) is 0 Å². The van der Waals surface area contributed by atoms with Crippen molar-refractivity contribution in [3.05, 3.63) is 27.4 Å². The van der Waals surface area contributed by atoms with E-state index in [9.17, 15) is 9.50 Å². The van der Waals surface area contributed by atoms with E-state index in [0.717, 1.165) is 6.07 Å². The molecule has 0 unspecified atom stereocenters. The predicted molar refractivity (Wildman–Crippen MR) is 62.5 cm³/mol. The number of methoxy groups -OCH3 is 1. The lowest BCUT2D eigenvalue weighted by atomic mass is 10.3. The second-order valence-electron chi connectivity index (χ2n) is 3.12. The first kappa shape index (κ1) is 13.7. The first-order valence-corrected chi connectivity index (χ1v) is 5.66. The molecule has 1 aromatic rings. The Kier molecular flexibility index (Phi) is 5.48. The Labute approximate surface area is 106 Å². The second kappa shape index (κ2) is 6.39. The van der Waals surface area contributed by atoms with Crippen molar-refractivity contribution >= 4 is 27.5 Å². The highest BCUT2D eigenvalue weighted by Crippen LogP contribution is 2.30. The topological polar surface area (TPSA) is 38.7 Å². The molecule has 0 amide bonds. The third-order valence-corrected chi connectivity index (χ3v) is 2.67. The molecule has 0 aliphatic rings. The number of aliphatic hydroxyl groups excluding tert-OH is 1. The fourth-order valence-electron chi connectivity index (χ4n) is 1.04. The van der Waals surface area contributed by atoms with Gasteiger partial charge in [-0.3, -0.25) is 0 Å². The zero-order valence-corrected chi connectivity index (χ0v) is 10.9. The Morgan fingerprint density at radius 1 is 1.50 bits per heavy atom. The van der Waals surface area contributed by atoms with Crippen molar-refractivity contribution in [3.8, 4) is 5.75 Å². The molecule has 3 nitrogen and oxygen atoms in total.